The van der Waals surface area contributed by atoms with Crippen LogP contribution in [0, 0.1) is 15.9 Å². The lowest BCUT2D eigenvalue weighted by Gasteiger charge is -2.23. The molecule has 3 aromatic rings. The topological polar surface area (TPSA) is 85.6 Å². The largest absolute Gasteiger partial charge is 0.484 e. The molecular formula is C20H15BrFN3O4. The third kappa shape index (κ3) is 5.35. The van der Waals surface area contributed by atoms with Crippen molar-refractivity contribution < 1.29 is 18.8 Å². The minimum absolute atomic E-state index is 0.0232. The zero-order chi connectivity index (χ0) is 20.8. The van der Waals surface area contributed by atoms with Gasteiger partial charge in [-0.1, -0.05) is 22.0 Å². The van der Waals surface area contributed by atoms with E-state index < -0.39 is 16.4 Å². The predicted octanol–water partition coefficient (Wildman–Crippen LogP) is 4.50. The van der Waals surface area contributed by atoms with Crippen LogP contribution in [0.2, 0.25) is 0 Å². The van der Waals surface area contributed by atoms with Crippen LogP contribution in [0.1, 0.15) is 5.69 Å². The summed E-state index contributed by atoms with van der Waals surface area (Å²) >= 11 is 3.36. The fraction of sp³-hybridized carbons (Fsp3) is 0.100. The molecule has 0 unspecified atom stereocenters. The number of carbonyl (C=O) groups excluding carboxylic acids is 1. The zero-order valence-corrected chi connectivity index (χ0v) is 16.6. The summed E-state index contributed by atoms with van der Waals surface area (Å²) in [5.74, 6) is -1.38. The number of nitro groups is 1. The van der Waals surface area contributed by atoms with Gasteiger partial charge in [-0.15, -0.1) is 0 Å². The second-order valence-electron chi connectivity index (χ2n) is 5.94. The number of benzene rings is 2. The van der Waals surface area contributed by atoms with Crippen molar-refractivity contribution in [1.82, 2.24) is 4.98 Å². The minimum Gasteiger partial charge on any atom is -0.484 e. The van der Waals surface area contributed by atoms with Gasteiger partial charge in [-0.25, -0.2) is 0 Å². The molecule has 0 aliphatic rings. The Kier molecular flexibility index (Phi) is 6.50. The quantitative estimate of drug-likeness (QED) is 0.383. The van der Waals surface area contributed by atoms with E-state index in [4.69, 9.17) is 4.74 Å². The van der Waals surface area contributed by atoms with Crippen molar-refractivity contribution in [3.8, 4) is 5.75 Å². The summed E-state index contributed by atoms with van der Waals surface area (Å²) in [7, 11) is 0. The van der Waals surface area contributed by atoms with Gasteiger partial charge in [0.05, 0.1) is 17.2 Å². The number of nitro benzene ring substituents is 1. The number of amides is 1. The van der Waals surface area contributed by atoms with Gasteiger partial charge >= 0.3 is 5.69 Å². The van der Waals surface area contributed by atoms with Crippen LogP contribution < -0.4 is 9.64 Å². The highest BCUT2D eigenvalue weighted by Crippen LogP contribution is 2.23. The van der Waals surface area contributed by atoms with Crippen molar-refractivity contribution in [3.05, 3.63) is 93.0 Å². The van der Waals surface area contributed by atoms with Crippen LogP contribution in [0.25, 0.3) is 0 Å². The normalized spacial score (nSPS) is 10.4. The van der Waals surface area contributed by atoms with Crippen molar-refractivity contribution in [2.75, 3.05) is 11.5 Å². The summed E-state index contributed by atoms with van der Waals surface area (Å²) in [4.78, 5) is 28.4. The predicted molar refractivity (Wildman–Crippen MR) is 108 cm³/mol. The van der Waals surface area contributed by atoms with Gasteiger partial charge in [-0.05, 0) is 42.5 Å². The third-order valence-electron chi connectivity index (χ3n) is 3.96. The van der Waals surface area contributed by atoms with Gasteiger partial charge in [0.15, 0.2) is 6.61 Å². The number of rotatable bonds is 7. The molecular weight excluding hydrogens is 445 g/mol. The molecule has 1 amide bonds. The third-order valence-corrected chi connectivity index (χ3v) is 4.49. The monoisotopic (exact) mass is 459 g/mol. The van der Waals surface area contributed by atoms with E-state index in [-0.39, 0.29) is 24.8 Å². The Hall–Kier alpha value is -3.33. The van der Waals surface area contributed by atoms with Crippen molar-refractivity contribution >= 4 is 33.2 Å². The fourth-order valence-corrected chi connectivity index (χ4v) is 2.81. The first-order valence-corrected chi connectivity index (χ1v) is 9.26. The number of hydrogen-bond acceptors (Lipinski definition) is 5. The molecule has 0 saturated carbocycles. The first-order chi connectivity index (χ1) is 13.9. The number of ether oxygens (including phenoxy) is 1. The Morgan fingerprint density at radius 1 is 1.17 bits per heavy atom. The van der Waals surface area contributed by atoms with Gasteiger partial charge in [0.25, 0.3) is 5.91 Å². The Bertz CT molecular complexity index is 1020. The van der Waals surface area contributed by atoms with Gasteiger partial charge < -0.3 is 9.64 Å². The molecule has 7 nitrogen and oxygen atoms in total. The molecule has 0 fully saturated rings. The SMILES string of the molecule is O=C(COc1ccc([N+](=O)[O-])c(F)c1)N(Cc1ccccn1)c1ccc(Br)cc1. The Balaban J connectivity index is 1.76. The maximum absolute atomic E-state index is 13.7. The van der Waals surface area contributed by atoms with Crippen LogP contribution in [0.15, 0.2) is 71.3 Å². The van der Waals surface area contributed by atoms with Crippen molar-refractivity contribution in [2.45, 2.75) is 6.54 Å². The Labute approximate surface area is 174 Å². The van der Waals surface area contributed by atoms with Crippen LogP contribution in [0.5, 0.6) is 5.75 Å². The molecule has 2 aromatic carbocycles. The zero-order valence-electron chi connectivity index (χ0n) is 15.0. The van der Waals surface area contributed by atoms with Gasteiger partial charge in [0.1, 0.15) is 5.75 Å². The van der Waals surface area contributed by atoms with E-state index in [0.717, 1.165) is 16.6 Å². The lowest BCUT2D eigenvalue weighted by molar-refractivity contribution is -0.387. The van der Waals surface area contributed by atoms with E-state index in [1.807, 2.05) is 6.07 Å². The van der Waals surface area contributed by atoms with Crippen molar-refractivity contribution in [1.29, 1.82) is 0 Å². The number of nitrogens with zero attached hydrogens (tertiary/aromatic N) is 3. The van der Waals surface area contributed by atoms with E-state index in [1.165, 1.54) is 11.0 Å². The number of anilines is 1. The molecule has 0 N–H and O–H groups in total. The van der Waals surface area contributed by atoms with E-state index in [0.29, 0.717) is 11.4 Å². The smallest absolute Gasteiger partial charge is 0.305 e. The number of carbonyl (C=O) groups is 1. The summed E-state index contributed by atoms with van der Waals surface area (Å²) in [5, 5.41) is 10.7. The molecule has 0 atom stereocenters. The van der Waals surface area contributed by atoms with Crippen LogP contribution >= 0.6 is 15.9 Å². The standard InChI is InChI=1S/C20H15BrFN3O4/c21-14-4-6-16(7-5-14)24(12-15-3-1-2-10-23-15)20(26)13-29-17-8-9-19(25(27)28)18(22)11-17/h1-11H,12-13H2. The Morgan fingerprint density at radius 3 is 2.55 bits per heavy atom. The van der Waals surface area contributed by atoms with E-state index in [2.05, 4.69) is 20.9 Å². The lowest BCUT2D eigenvalue weighted by atomic mass is 10.2. The molecule has 1 heterocycles. The summed E-state index contributed by atoms with van der Waals surface area (Å²) < 4.78 is 20.0. The first kappa shape index (κ1) is 20.4. The second-order valence-corrected chi connectivity index (χ2v) is 6.85. The minimum atomic E-state index is -1.03. The molecule has 9 heteroatoms. The Morgan fingerprint density at radius 2 is 1.93 bits per heavy atom. The molecule has 1 aromatic heterocycles. The van der Waals surface area contributed by atoms with Crippen molar-refractivity contribution in [3.63, 3.8) is 0 Å². The molecule has 3 rings (SSSR count). The molecule has 29 heavy (non-hydrogen) atoms. The summed E-state index contributed by atoms with van der Waals surface area (Å²) in [6.45, 7) is -0.153. The molecule has 0 bridgehead atoms. The van der Waals surface area contributed by atoms with E-state index in [1.54, 1.807) is 42.6 Å². The molecule has 148 valence electrons. The van der Waals surface area contributed by atoms with Gasteiger partial charge in [-0.3, -0.25) is 19.9 Å². The van der Waals surface area contributed by atoms with Crippen LogP contribution in [-0.2, 0) is 11.3 Å². The van der Waals surface area contributed by atoms with Crippen molar-refractivity contribution in [2.24, 2.45) is 0 Å². The highest BCUT2D eigenvalue weighted by molar-refractivity contribution is 9.10. The summed E-state index contributed by atoms with van der Waals surface area (Å²) in [5.41, 5.74) is 0.669. The van der Waals surface area contributed by atoms with E-state index in [9.17, 15) is 19.3 Å². The number of halogens is 2. The molecule has 0 saturated heterocycles. The molecule has 0 aliphatic heterocycles. The maximum Gasteiger partial charge on any atom is 0.305 e. The van der Waals surface area contributed by atoms with Crippen LogP contribution in [0.4, 0.5) is 15.8 Å². The highest BCUT2D eigenvalue weighted by Gasteiger charge is 2.19. The lowest BCUT2D eigenvalue weighted by Crippen LogP contribution is -2.34. The molecule has 0 aliphatic carbocycles. The second kappa shape index (κ2) is 9.24. The number of pyridine rings is 1. The first-order valence-electron chi connectivity index (χ1n) is 8.46. The molecule has 0 spiro atoms. The number of aromatic nitrogens is 1. The summed E-state index contributed by atoms with van der Waals surface area (Å²) in [6.07, 6.45) is 1.63. The average Bonchev–Trinajstić information content (AvgIpc) is 2.71. The maximum atomic E-state index is 13.7. The van der Waals surface area contributed by atoms with Gasteiger partial charge in [0.2, 0.25) is 5.82 Å². The average molecular weight is 460 g/mol. The van der Waals surface area contributed by atoms with Crippen LogP contribution in [0.3, 0.4) is 0 Å². The van der Waals surface area contributed by atoms with E-state index >= 15 is 0 Å². The highest BCUT2D eigenvalue weighted by atomic mass is 79.9. The van der Waals surface area contributed by atoms with Crippen LogP contribution in [-0.4, -0.2) is 22.4 Å². The van der Waals surface area contributed by atoms with Gasteiger partial charge in [0, 0.05) is 28.5 Å². The summed E-state index contributed by atoms with van der Waals surface area (Å²) in [6, 6.07) is 15.7. The number of hydrogen-bond donors (Lipinski definition) is 0. The van der Waals surface area contributed by atoms with Gasteiger partial charge in [-0.2, -0.15) is 4.39 Å². The molecule has 0 radical (unpaired) electrons. The fourth-order valence-electron chi connectivity index (χ4n) is 2.55.